The van der Waals surface area contributed by atoms with E-state index in [0.29, 0.717) is 62.4 Å². The van der Waals surface area contributed by atoms with Gasteiger partial charge >= 0.3 is 0 Å². The Morgan fingerprint density at radius 2 is 1.48 bits per heavy atom. The molecule has 3 aromatic carbocycles. The normalized spacial score (nSPS) is 17.9. The molecule has 0 unspecified atom stereocenters. The van der Waals surface area contributed by atoms with E-state index in [1.54, 1.807) is 51.1 Å². The van der Waals surface area contributed by atoms with Crippen LogP contribution in [0.25, 0.3) is 22.5 Å². The molecule has 15 heteroatoms. The summed E-state index contributed by atoms with van der Waals surface area (Å²) in [5.41, 5.74) is 23.4. The number of nitrogens with zero attached hydrogens (tertiary/aromatic N) is 4. The summed E-state index contributed by atoms with van der Waals surface area (Å²) in [4.78, 5) is 81.9. The highest BCUT2D eigenvalue weighted by atomic mass is 16.5. The smallest absolute Gasteiger partial charge is 0.226 e. The van der Waals surface area contributed by atoms with Gasteiger partial charge in [0.25, 0.3) is 0 Å². The fraction of sp³-hybridized carbons (Fsp3) is 0.451. The van der Waals surface area contributed by atoms with Crippen LogP contribution >= 0.6 is 0 Å². The van der Waals surface area contributed by atoms with Gasteiger partial charge in [0.2, 0.25) is 11.8 Å². The van der Waals surface area contributed by atoms with Crippen molar-refractivity contribution < 1.29 is 33.4 Å². The largest absolute Gasteiger partial charge is 0.492 e. The highest BCUT2D eigenvalue weighted by Gasteiger charge is 2.36. The molecule has 4 atom stereocenters. The Balaban J connectivity index is 1.37. The Hall–Kier alpha value is -6.34. The van der Waals surface area contributed by atoms with E-state index in [-0.39, 0.29) is 82.9 Å². The van der Waals surface area contributed by atoms with Crippen LogP contribution in [0, 0.1) is 37.0 Å². The Kier molecular flexibility index (Phi) is 16.9. The van der Waals surface area contributed by atoms with E-state index in [1.807, 2.05) is 24.3 Å². The van der Waals surface area contributed by atoms with Gasteiger partial charge in [-0.1, -0.05) is 49.7 Å². The Morgan fingerprint density at radius 3 is 2.08 bits per heavy atom. The van der Waals surface area contributed by atoms with Crippen molar-refractivity contribution in [1.82, 2.24) is 20.2 Å². The second-order valence-electron chi connectivity index (χ2n) is 17.4. The molecule has 15 nitrogen and oxygen atoms in total. The van der Waals surface area contributed by atoms with E-state index in [1.165, 1.54) is 36.8 Å². The van der Waals surface area contributed by atoms with Crippen LogP contribution in [-0.4, -0.2) is 90.0 Å². The molecule has 1 aliphatic heterocycles. The first-order valence-corrected chi connectivity index (χ1v) is 22.9. The summed E-state index contributed by atoms with van der Waals surface area (Å²) < 4.78 is 12.3. The maximum Gasteiger partial charge on any atom is 0.226 e. The number of benzene rings is 3. The molecule has 2 heterocycles. The number of carbonyl (C=O) groups is 5. The summed E-state index contributed by atoms with van der Waals surface area (Å²) in [5.74, 6) is -2.02. The number of nitriles is 1. The lowest BCUT2D eigenvalue weighted by Gasteiger charge is -2.32. The molecule has 1 aromatic heterocycles. The molecule has 6 rings (SSSR count). The zero-order valence-electron chi connectivity index (χ0n) is 38.4. The maximum absolute atomic E-state index is 14.8. The highest BCUT2D eigenvalue weighted by molar-refractivity contribution is 6.01. The number of rotatable bonds is 18. The number of amides is 2. The van der Waals surface area contributed by atoms with Gasteiger partial charge in [0.05, 0.1) is 29.1 Å². The van der Waals surface area contributed by atoms with E-state index in [2.05, 4.69) is 17.4 Å². The van der Waals surface area contributed by atoms with Gasteiger partial charge in [-0.3, -0.25) is 24.0 Å². The van der Waals surface area contributed by atoms with Gasteiger partial charge in [-0.15, -0.1) is 0 Å². The number of ether oxygens (including phenoxy) is 2. The van der Waals surface area contributed by atoms with Gasteiger partial charge in [-0.2, -0.15) is 5.26 Å². The third-order valence-electron chi connectivity index (χ3n) is 12.6. The molecule has 0 radical (unpaired) electrons. The highest BCUT2D eigenvalue weighted by Crippen LogP contribution is 2.41. The number of nitrogens with one attached hydrogen (secondary N) is 1. The van der Waals surface area contributed by atoms with E-state index in [4.69, 9.17) is 36.6 Å². The third-order valence-corrected chi connectivity index (χ3v) is 12.6. The number of hydrogen-bond acceptors (Lipinski definition) is 13. The fourth-order valence-corrected chi connectivity index (χ4v) is 8.86. The van der Waals surface area contributed by atoms with Crippen LogP contribution < -0.4 is 32.0 Å². The standard InChI is InChI=1S/C51H62N8O7/c1-30-25-44(62)48(59(4)51(64)38(18-20-53)29-43(61)47-31(2)56-49(57-32(47)3)36-13-11-35(12-14-36)34-7-5-8-34)37-15-17-46(66-24-22-55)40(28-37)39-26-33(10-16-45(39)65-23-21-54)27-41(58-50(30)63)42(60)9-6-19-52/h10-17,26,28,30,34,38,41,48H,5-9,18,20-25,27,29,53-55H2,1-4H3,(H,58,63)/t30-,38-,41+,48+/m1/s1. The van der Waals surface area contributed by atoms with Crippen molar-refractivity contribution >= 4 is 29.2 Å². The zero-order chi connectivity index (χ0) is 47.5. The lowest BCUT2D eigenvalue weighted by atomic mass is 9.80. The monoisotopic (exact) mass is 898 g/mol. The molecule has 7 N–H and O–H groups in total. The summed E-state index contributed by atoms with van der Waals surface area (Å²) in [7, 11) is 1.51. The van der Waals surface area contributed by atoms with Crippen molar-refractivity contribution in [3.63, 3.8) is 0 Å². The fourth-order valence-electron chi connectivity index (χ4n) is 8.86. The first-order valence-electron chi connectivity index (χ1n) is 22.9. The van der Waals surface area contributed by atoms with Crippen molar-refractivity contribution in [3.05, 3.63) is 94.3 Å². The summed E-state index contributed by atoms with van der Waals surface area (Å²) in [6.45, 7) is 5.98. The average Bonchev–Trinajstić information content (AvgIpc) is 3.28. The van der Waals surface area contributed by atoms with Crippen LogP contribution in [0.2, 0.25) is 0 Å². The molecule has 1 aliphatic carbocycles. The second kappa shape index (κ2) is 22.7. The van der Waals surface area contributed by atoms with Crippen LogP contribution in [0.5, 0.6) is 11.5 Å². The number of aromatic nitrogens is 2. The van der Waals surface area contributed by atoms with Crippen LogP contribution in [0.4, 0.5) is 0 Å². The van der Waals surface area contributed by atoms with E-state index >= 15 is 0 Å². The van der Waals surface area contributed by atoms with Crippen molar-refractivity contribution in [2.24, 2.45) is 29.0 Å². The van der Waals surface area contributed by atoms with E-state index in [0.717, 1.165) is 5.56 Å². The summed E-state index contributed by atoms with van der Waals surface area (Å²) >= 11 is 0. The van der Waals surface area contributed by atoms with Gasteiger partial charge in [0.1, 0.15) is 30.8 Å². The molecular formula is C51H62N8O7. The molecule has 348 valence electrons. The van der Waals surface area contributed by atoms with Gasteiger partial charge in [-0.25, -0.2) is 9.97 Å². The molecule has 0 spiro atoms. The van der Waals surface area contributed by atoms with Crippen molar-refractivity contribution in [2.75, 3.05) is 39.9 Å². The van der Waals surface area contributed by atoms with Gasteiger partial charge in [0, 0.05) is 74.3 Å². The van der Waals surface area contributed by atoms with Crippen LogP contribution in [0.1, 0.15) is 109 Å². The quantitative estimate of drug-likeness (QED) is 0.0888. The first-order chi connectivity index (χ1) is 31.8. The lowest BCUT2D eigenvalue weighted by Crippen LogP contribution is -2.46. The number of ketones is 3. The molecule has 1 fully saturated rings. The van der Waals surface area contributed by atoms with Crippen LogP contribution in [0.3, 0.4) is 0 Å². The minimum absolute atomic E-state index is 0.0295. The first kappa shape index (κ1) is 49.1. The van der Waals surface area contributed by atoms with Crippen LogP contribution in [-0.2, 0) is 25.6 Å². The third kappa shape index (κ3) is 11.5. The number of hydrogen-bond donors (Lipinski definition) is 4. The molecule has 66 heavy (non-hydrogen) atoms. The zero-order valence-corrected chi connectivity index (χ0v) is 38.4. The Bertz CT molecular complexity index is 2440. The predicted octanol–water partition coefficient (Wildman–Crippen LogP) is 5.62. The van der Waals surface area contributed by atoms with Gasteiger partial charge < -0.3 is 36.9 Å². The molecular weight excluding hydrogens is 837 g/mol. The average molecular weight is 899 g/mol. The Morgan fingerprint density at radius 1 is 0.864 bits per heavy atom. The van der Waals surface area contributed by atoms with E-state index < -0.39 is 41.5 Å². The number of fused-ring (bicyclic) bond motifs is 5. The SMILES string of the molecule is Cc1nc(-c2ccc(C3CCC3)cc2)nc(C)c1C(=O)C[C@@H](CCN)C(=O)N(C)[C@@H]1C(=O)C[C@@H](C)C(=O)N[C@H](C(=O)CCC#N)Cc2ccc(OCCN)c(c2)-c2cc1ccc2OCCN. The molecule has 1 saturated carbocycles. The molecule has 2 amide bonds. The number of Topliss-reactive ketones (excluding diaryl/α,β-unsaturated/α-hetero) is 3. The molecule has 4 bridgehead atoms. The number of likely N-dealkylation sites (N-methyl/N-ethyl adjacent to an activating group) is 1. The van der Waals surface area contributed by atoms with E-state index in [9.17, 15) is 29.2 Å². The summed E-state index contributed by atoms with van der Waals surface area (Å²) in [6, 6.07) is 18.5. The van der Waals surface area contributed by atoms with Crippen molar-refractivity contribution in [3.8, 4) is 40.1 Å². The number of nitrogens with two attached hydrogens (primary N) is 3. The van der Waals surface area contributed by atoms with Gasteiger partial charge in [0.15, 0.2) is 23.2 Å². The lowest BCUT2D eigenvalue weighted by molar-refractivity contribution is -0.142. The summed E-state index contributed by atoms with van der Waals surface area (Å²) in [5, 5.41) is 12.1. The van der Waals surface area contributed by atoms with Gasteiger partial charge in [-0.05, 0) is 92.9 Å². The van der Waals surface area contributed by atoms with Crippen molar-refractivity contribution in [2.45, 2.75) is 96.6 Å². The molecule has 4 aromatic rings. The number of aryl methyl sites for hydroxylation is 2. The molecule has 0 saturated heterocycles. The summed E-state index contributed by atoms with van der Waals surface area (Å²) in [6.07, 6.45) is 3.27. The van der Waals surface area contributed by atoms with Crippen LogP contribution in [0.15, 0.2) is 60.7 Å². The van der Waals surface area contributed by atoms with Crippen molar-refractivity contribution in [1.29, 1.82) is 5.26 Å². The number of carbonyl (C=O) groups excluding carboxylic acids is 5. The minimum Gasteiger partial charge on any atom is -0.492 e. The maximum atomic E-state index is 14.8. The topological polar surface area (TPSA) is 247 Å². The Labute approximate surface area is 386 Å². The predicted molar refractivity (Wildman–Crippen MR) is 250 cm³/mol. The second-order valence-corrected chi connectivity index (χ2v) is 17.4. The minimum atomic E-state index is -1.24. The molecule has 2 aliphatic rings.